The van der Waals surface area contributed by atoms with Gasteiger partial charge >= 0.3 is 6.03 Å². The average molecular weight is 369 g/mol. The first kappa shape index (κ1) is 19.0. The molecule has 27 heavy (non-hydrogen) atoms. The van der Waals surface area contributed by atoms with Gasteiger partial charge in [-0.1, -0.05) is 24.3 Å². The van der Waals surface area contributed by atoms with Gasteiger partial charge in [-0.25, -0.2) is 4.79 Å². The van der Waals surface area contributed by atoms with Gasteiger partial charge in [0.25, 0.3) is 0 Å². The predicted octanol–water partition coefficient (Wildman–Crippen LogP) is 3.49. The molecule has 6 heteroatoms. The van der Waals surface area contributed by atoms with Crippen molar-refractivity contribution in [2.75, 3.05) is 44.1 Å². The molecule has 6 nitrogen and oxygen atoms in total. The lowest BCUT2D eigenvalue weighted by Crippen LogP contribution is -2.34. The Morgan fingerprint density at radius 2 is 1.93 bits per heavy atom. The van der Waals surface area contributed by atoms with Gasteiger partial charge in [-0.05, 0) is 42.2 Å². The molecule has 0 bridgehead atoms. The highest BCUT2D eigenvalue weighted by molar-refractivity contribution is 5.89. The van der Waals surface area contributed by atoms with Crippen LogP contribution in [0.1, 0.15) is 12.0 Å². The standard InChI is InChI=1S/C21H27N3O3/c1-26-15-16-7-9-18(10-8-16)23-21(25)22-13-17-11-12-24(14-17)19-5-3-4-6-20(19)27-2/h3-10,17H,11-15H2,1-2H3,(H2,22,23,25)/t17-/m1/s1. The SMILES string of the molecule is COCc1ccc(NC(=O)NC[C@H]2CCN(c3ccccc3OC)C2)cc1. The number of hydrogen-bond acceptors (Lipinski definition) is 4. The summed E-state index contributed by atoms with van der Waals surface area (Å²) >= 11 is 0. The maximum atomic E-state index is 12.2. The number of rotatable bonds is 7. The number of urea groups is 1. The highest BCUT2D eigenvalue weighted by Crippen LogP contribution is 2.31. The summed E-state index contributed by atoms with van der Waals surface area (Å²) in [6.07, 6.45) is 1.05. The number of carbonyl (C=O) groups is 1. The molecule has 2 aromatic carbocycles. The molecule has 3 rings (SSSR count). The lowest BCUT2D eigenvalue weighted by molar-refractivity contribution is 0.185. The number of nitrogens with one attached hydrogen (secondary N) is 2. The third-order valence-electron chi connectivity index (χ3n) is 4.79. The van der Waals surface area contributed by atoms with E-state index in [-0.39, 0.29) is 6.03 Å². The minimum atomic E-state index is -0.176. The first-order valence-electron chi connectivity index (χ1n) is 9.20. The van der Waals surface area contributed by atoms with E-state index in [1.165, 1.54) is 0 Å². The van der Waals surface area contributed by atoms with E-state index in [4.69, 9.17) is 9.47 Å². The van der Waals surface area contributed by atoms with E-state index in [1.807, 2.05) is 42.5 Å². The largest absolute Gasteiger partial charge is 0.495 e. The van der Waals surface area contributed by atoms with Crippen molar-refractivity contribution in [3.63, 3.8) is 0 Å². The minimum absolute atomic E-state index is 0.176. The van der Waals surface area contributed by atoms with Gasteiger partial charge in [0.05, 0.1) is 19.4 Å². The molecule has 1 fully saturated rings. The molecule has 0 spiro atoms. The molecule has 0 aliphatic carbocycles. The molecule has 144 valence electrons. The first-order chi connectivity index (χ1) is 13.2. The fraction of sp³-hybridized carbons (Fsp3) is 0.381. The minimum Gasteiger partial charge on any atom is -0.495 e. The molecule has 0 radical (unpaired) electrons. The van der Waals surface area contributed by atoms with Crippen LogP contribution >= 0.6 is 0 Å². The number of ether oxygens (including phenoxy) is 2. The molecule has 2 aromatic rings. The second kappa shape index (κ2) is 9.28. The summed E-state index contributed by atoms with van der Waals surface area (Å²) in [7, 11) is 3.36. The maximum absolute atomic E-state index is 12.2. The van der Waals surface area contributed by atoms with Gasteiger partial charge in [0, 0.05) is 32.4 Å². The molecule has 1 heterocycles. The normalized spacial score (nSPS) is 16.2. The van der Waals surface area contributed by atoms with Crippen molar-refractivity contribution in [2.24, 2.45) is 5.92 Å². The van der Waals surface area contributed by atoms with Gasteiger partial charge in [-0.3, -0.25) is 0 Å². The van der Waals surface area contributed by atoms with Crippen LogP contribution in [0, 0.1) is 5.92 Å². The molecule has 1 saturated heterocycles. The Morgan fingerprint density at radius 3 is 2.67 bits per heavy atom. The number of anilines is 2. The number of carbonyl (C=O) groups excluding carboxylic acids is 1. The number of amides is 2. The number of methoxy groups -OCH3 is 2. The molecule has 0 saturated carbocycles. The van der Waals surface area contributed by atoms with E-state index in [0.717, 1.165) is 42.2 Å². The Labute approximate surface area is 160 Å². The summed E-state index contributed by atoms with van der Waals surface area (Å²) in [5, 5.41) is 5.85. The lowest BCUT2D eigenvalue weighted by atomic mass is 10.1. The van der Waals surface area contributed by atoms with Crippen LogP contribution in [0.15, 0.2) is 48.5 Å². The van der Waals surface area contributed by atoms with Crippen molar-refractivity contribution < 1.29 is 14.3 Å². The van der Waals surface area contributed by atoms with Crippen LogP contribution in [-0.2, 0) is 11.3 Å². The molecule has 0 unspecified atom stereocenters. The van der Waals surface area contributed by atoms with Crippen molar-refractivity contribution >= 4 is 17.4 Å². The maximum Gasteiger partial charge on any atom is 0.319 e. The topological polar surface area (TPSA) is 62.8 Å². The van der Waals surface area contributed by atoms with E-state index in [1.54, 1.807) is 14.2 Å². The molecule has 2 amide bonds. The molecular formula is C21H27N3O3. The third-order valence-corrected chi connectivity index (χ3v) is 4.79. The van der Waals surface area contributed by atoms with Crippen molar-refractivity contribution in [1.82, 2.24) is 5.32 Å². The van der Waals surface area contributed by atoms with Gasteiger partial charge in [0.2, 0.25) is 0 Å². The number of nitrogens with zero attached hydrogens (tertiary/aromatic N) is 1. The Kier molecular flexibility index (Phi) is 6.54. The lowest BCUT2D eigenvalue weighted by Gasteiger charge is -2.21. The van der Waals surface area contributed by atoms with Crippen molar-refractivity contribution in [1.29, 1.82) is 0 Å². The average Bonchev–Trinajstić information content (AvgIpc) is 3.17. The van der Waals surface area contributed by atoms with E-state index >= 15 is 0 Å². The number of para-hydroxylation sites is 2. The van der Waals surface area contributed by atoms with Crippen molar-refractivity contribution in [2.45, 2.75) is 13.0 Å². The van der Waals surface area contributed by atoms with E-state index < -0.39 is 0 Å². The van der Waals surface area contributed by atoms with Crippen LogP contribution in [0.3, 0.4) is 0 Å². The van der Waals surface area contributed by atoms with Gasteiger partial charge in [-0.15, -0.1) is 0 Å². The van der Waals surface area contributed by atoms with Gasteiger partial charge in [-0.2, -0.15) is 0 Å². The highest BCUT2D eigenvalue weighted by atomic mass is 16.5. The van der Waals surface area contributed by atoms with Crippen LogP contribution < -0.4 is 20.3 Å². The summed E-state index contributed by atoms with van der Waals surface area (Å²) in [5.74, 6) is 1.31. The van der Waals surface area contributed by atoms with E-state index in [9.17, 15) is 4.79 Å². The zero-order chi connectivity index (χ0) is 19.1. The second-order valence-corrected chi connectivity index (χ2v) is 6.74. The zero-order valence-corrected chi connectivity index (χ0v) is 15.9. The Hall–Kier alpha value is -2.73. The Morgan fingerprint density at radius 1 is 1.15 bits per heavy atom. The first-order valence-corrected chi connectivity index (χ1v) is 9.20. The second-order valence-electron chi connectivity index (χ2n) is 6.74. The van der Waals surface area contributed by atoms with E-state index in [2.05, 4.69) is 21.6 Å². The van der Waals surface area contributed by atoms with Gasteiger partial charge < -0.3 is 25.0 Å². The van der Waals surface area contributed by atoms with Crippen molar-refractivity contribution in [3.05, 3.63) is 54.1 Å². The van der Waals surface area contributed by atoms with Gasteiger partial charge in [0.1, 0.15) is 5.75 Å². The fourth-order valence-electron chi connectivity index (χ4n) is 3.37. The summed E-state index contributed by atoms with van der Waals surface area (Å²) < 4.78 is 10.5. The molecule has 0 aromatic heterocycles. The summed E-state index contributed by atoms with van der Waals surface area (Å²) in [5.41, 5.74) is 2.96. The smallest absolute Gasteiger partial charge is 0.319 e. The van der Waals surface area contributed by atoms with Crippen LogP contribution in [0.5, 0.6) is 5.75 Å². The molecule has 2 N–H and O–H groups in total. The summed E-state index contributed by atoms with van der Waals surface area (Å²) in [6.45, 7) is 3.10. The summed E-state index contributed by atoms with van der Waals surface area (Å²) in [4.78, 5) is 14.5. The number of hydrogen-bond donors (Lipinski definition) is 2. The zero-order valence-electron chi connectivity index (χ0n) is 15.9. The van der Waals surface area contributed by atoms with Crippen LogP contribution in [0.4, 0.5) is 16.2 Å². The van der Waals surface area contributed by atoms with Crippen LogP contribution in [0.25, 0.3) is 0 Å². The Bertz CT molecular complexity index is 749. The highest BCUT2D eigenvalue weighted by Gasteiger charge is 2.24. The molecule has 1 aliphatic heterocycles. The predicted molar refractivity (Wildman–Crippen MR) is 107 cm³/mol. The quantitative estimate of drug-likeness (QED) is 0.784. The Balaban J connectivity index is 1.45. The van der Waals surface area contributed by atoms with Gasteiger partial charge in [0.15, 0.2) is 0 Å². The summed E-state index contributed by atoms with van der Waals surface area (Å²) in [6, 6.07) is 15.5. The third kappa shape index (κ3) is 5.14. The van der Waals surface area contributed by atoms with Crippen LogP contribution in [0.2, 0.25) is 0 Å². The molecule has 1 atom stereocenters. The molecule has 1 aliphatic rings. The molecular weight excluding hydrogens is 342 g/mol. The van der Waals surface area contributed by atoms with Crippen molar-refractivity contribution in [3.8, 4) is 5.75 Å². The van der Waals surface area contributed by atoms with Crippen LogP contribution in [-0.4, -0.2) is 39.9 Å². The fourth-order valence-corrected chi connectivity index (χ4v) is 3.37. The monoisotopic (exact) mass is 369 g/mol. The van der Waals surface area contributed by atoms with E-state index in [0.29, 0.717) is 19.1 Å². The number of benzene rings is 2.